The van der Waals surface area contributed by atoms with Crippen molar-refractivity contribution < 1.29 is 14.6 Å². The molecule has 4 heteroatoms. The van der Waals surface area contributed by atoms with Crippen LogP contribution in [0.1, 0.15) is 17.0 Å². The molecule has 0 spiro atoms. The summed E-state index contributed by atoms with van der Waals surface area (Å²) in [5, 5.41) is 9.25. The maximum absolute atomic E-state index is 9.25. The Kier molecular flexibility index (Phi) is 3.94. The third-order valence-corrected chi connectivity index (χ3v) is 4.21. The molecule has 3 rings (SSSR count). The van der Waals surface area contributed by atoms with E-state index in [2.05, 4.69) is 22.0 Å². The van der Waals surface area contributed by atoms with Gasteiger partial charge in [-0.25, -0.2) is 0 Å². The molecule has 3 nitrogen and oxygen atoms in total. The molecule has 1 heterocycles. The van der Waals surface area contributed by atoms with E-state index >= 15 is 0 Å². The van der Waals surface area contributed by atoms with Crippen LogP contribution in [0.5, 0.6) is 11.5 Å². The molecule has 0 saturated carbocycles. The lowest BCUT2D eigenvalue weighted by Crippen LogP contribution is -2.11. The van der Waals surface area contributed by atoms with Crippen LogP contribution in [-0.4, -0.2) is 18.3 Å². The minimum absolute atomic E-state index is 0.00679. The van der Waals surface area contributed by atoms with Crippen molar-refractivity contribution in [3.8, 4) is 11.5 Å². The summed E-state index contributed by atoms with van der Waals surface area (Å²) in [7, 11) is 0. The first-order valence-corrected chi connectivity index (χ1v) is 7.31. The van der Waals surface area contributed by atoms with E-state index in [4.69, 9.17) is 9.47 Å². The summed E-state index contributed by atoms with van der Waals surface area (Å²) in [5.74, 6) is 1.97. The normalized spacial score (nSPS) is 16.6. The van der Waals surface area contributed by atoms with Crippen LogP contribution in [0.15, 0.2) is 46.9 Å². The fourth-order valence-electron chi connectivity index (χ4n) is 2.33. The van der Waals surface area contributed by atoms with Crippen LogP contribution >= 0.6 is 15.9 Å². The molecule has 2 aromatic carbocycles. The second kappa shape index (κ2) is 5.85. The van der Waals surface area contributed by atoms with E-state index in [-0.39, 0.29) is 12.5 Å². The Balaban J connectivity index is 1.69. The van der Waals surface area contributed by atoms with Gasteiger partial charge in [-0.05, 0) is 29.8 Å². The average Bonchev–Trinajstić information content (AvgIpc) is 2.90. The second-order valence-corrected chi connectivity index (χ2v) is 5.62. The molecule has 0 amide bonds. The van der Waals surface area contributed by atoms with E-state index in [1.807, 2.05) is 36.4 Å². The van der Waals surface area contributed by atoms with Crippen molar-refractivity contribution in [1.29, 1.82) is 0 Å². The largest absolute Gasteiger partial charge is 0.493 e. The molecule has 0 fully saturated rings. The summed E-state index contributed by atoms with van der Waals surface area (Å²) in [4.78, 5) is 0. The Morgan fingerprint density at radius 3 is 2.95 bits per heavy atom. The van der Waals surface area contributed by atoms with E-state index in [1.54, 1.807) is 0 Å². The number of benzene rings is 2. The number of aliphatic hydroxyl groups is 1. The van der Waals surface area contributed by atoms with Gasteiger partial charge in [0.1, 0.15) is 11.5 Å². The van der Waals surface area contributed by atoms with Crippen molar-refractivity contribution in [3.05, 3.63) is 58.1 Å². The predicted octanol–water partition coefficient (Wildman–Crippen LogP) is 3.50. The number of para-hydroxylation sites is 1. The number of rotatable bonds is 4. The minimum Gasteiger partial charge on any atom is -0.493 e. The molecule has 0 radical (unpaired) electrons. The number of hydrogen-bond acceptors (Lipinski definition) is 3. The average molecular weight is 335 g/mol. The highest BCUT2D eigenvalue weighted by molar-refractivity contribution is 9.10. The minimum atomic E-state index is -0.00679. The first-order chi connectivity index (χ1) is 9.78. The molecule has 1 N–H and O–H groups in total. The Labute approximate surface area is 126 Å². The summed E-state index contributed by atoms with van der Waals surface area (Å²) in [6.45, 7) is 1.22. The molecule has 1 aliphatic rings. The highest BCUT2D eigenvalue weighted by Crippen LogP contribution is 2.34. The number of aliphatic hydroxyl groups excluding tert-OH is 1. The molecule has 104 valence electrons. The van der Waals surface area contributed by atoms with Gasteiger partial charge >= 0.3 is 0 Å². The molecule has 1 atom stereocenters. The van der Waals surface area contributed by atoms with Gasteiger partial charge in [0.2, 0.25) is 0 Å². The summed E-state index contributed by atoms with van der Waals surface area (Å²) < 4.78 is 12.4. The van der Waals surface area contributed by atoms with Gasteiger partial charge in [-0.3, -0.25) is 0 Å². The standard InChI is InChI=1S/C16H15BrO3/c17-15-6-5-13(7-11(15)8-18)19-9-12-10-20-16-4-2-1-3-14(12)16/h1-7,12,18H,8-10H2. The summed E-state index contributed by atoms with van der Waals surface area (Å²) in [6, 6.07) is 13.7. The Morgan fingerprint density at radius 1 is 1.25 bits per heavy atom. The Bertz CT molecular complexity index is 612. The first-order valence-electron chi connectivity index (χ1n) is 6.51. The van der Waals surface area contributed by atoms with Gasteiger partial charge in [0, 0.05) is 10.0 Å². The van der Waals surface area contributed by atoms with Gasteiger partial charge in [-0.15, -0.1) is 0 Å². The van der Waals surface area contributed by atoms with Gasteiger partial charge in [0.15, 0.2) is 0 Å². The number of hydrogen-bond donors (Lipinski definition) is 1. The molecular weight excluding hydrogens is 320 g/mol. The Hall–Kier alpha value is -1.52. The lowest BCUT2D eigenvalue weighted by atomic mass is 10.0. The van der Waals surface area contributed by atoms with Crippen LogP contribution in [0, 0.1) is 0 Å². The third-order valence-electron chi connectivity index (χ3n) is 3.44. The van der Waals surface area contributed by atoms with E-state index < -0.39 is 0 Å². The van der Waals surface area contributed by atoms with Crippen LogP contribution in [0.2, 0.25) is 0 Å². The topological polar surface area (TPSA) is 38.7 Å². The zero-order valence-corrected chi connectivity index (χ0v) is 12.5. The van der Waals surface area contributed by atoms with E-state index in [0.29, 0.717) is 13.2 Å². The fourth-order valence-corrected chi connectivity index (χ4v) is 2.70. The summed E-state index contributed by atoms with van der Waals surface area (Å²) in [5.41, 5.74) is 2.03. The molecule has 0 aromatic heterocycles. The highest BCUT2D eigenvalue weighted by atomic mass is 79.9. The molecule has 0 saturated heterocycles. The van der Waals surface area contributed by atoms with Crippen molar-refractivity contribution in [1.82, 2.24) is 0 Å². The van der Waals surface area contributed by atoms with Crippen molar-refractivity contribution in [3.63, 3.8) is 0 Å². The summed E-state index contributed by atoms with van der Waals surface area (Å²) >= 11 is 3.39. The van der Waals surface area contributed by atoms with Crippen LogP contribution in [0.25, 0.3) is 0 Å². The van der Waals surface area contributed by atoms with Crippen molar-refractivity contribution in [2.24, 2.45) is 0 Å². The quantitative estimate of drug-likeness (QED) is 0.930. The predicted molar refractivity (Wildman–Crippen MR) is 80.2 cm³/mol. The lowest BCUT2D eigenvalue weighted by Gasteiger charge is -2.12. The highest BCUT2D eigenvalue weighted by Gasteiger charge is 2.24. The number of fused-ring (bicyclic) bond motifs is 1. The monoisotopic (exact) mass is 334 g/mol. The number of halogens is 1. The van der Waals surface area contributed by atoms with Gasteiger partial charge in [0.25, 0.3) is 0 Å². The maximum atomic E-state index is 9.25. The van der Waals surface area contributed by atoms with Crippen LogP contribution < -0.4 is 9.47 Å². The number of ether oxygens (including phenoxy) is 2. The fraction of sp³-hybridized carbons (Fsp3) is 0.250. The smallest absolute Gasteiger partial charge is 0.123 e. The van der Waals surface area contributed by atoms with Crippen molar-refractivity contribution in [2.45, 2.75) is 12.5 Å². The Morgan fingerprint density at radius 2 is 2.10 bits per heavy atom. The molecule has 1 aliphatic heterocycles. The molecule has 1 unspecified atom stereocenters. The van der Waals surface area contributed by atoms with Gasteiger partial charge in [0.05, 0.1) is 25.7 Å². The summed E-state index contributed by atoms with van der Waals surface area (Å²) in [6.07, 6.45) is 0. The molecular formula is C16H15BrO3. The van der Waals surface area contributed by atoms with E-state index in [9.17, 15) is 5.11 Å². The van der Waals surface area contributed by atoms with Gasteiger partial charge < -0.3 is 14.6 Å². The van der Waals surface area contributed by atoms with E-state index in [1.165, 1.54) is 5.56 Å². The van der Waals surface area contributed by atoms with Crippen LogP contribution in [0.3, 0.4) is 0 Å². The second-order valence-electron chi connectivity index (χ2n) is 4.77. The van der Waals surface area contributed by atoms with Crippen LogP contribution in [-0.2, 0) is 6.61 Å². The van der Waals surface area contributed by atoms with Crippen molar-refractivity contribution >= 4 is 15.9 Å². The van der Waals surface area contributed by atoms with Gasteiger partial charge in [-0.1, -0.05) is 34.1 Å². The third kappa shape index (κ3) is 2.67. The molecule has 20 heavy (non-hydrogen) atoms. The molecule has 2 aromatic rings. The van der Waals surface area contributed by atoms with Gasteiger partial charge in [-0.2, -0.15) is 0 Å². The van der Waals surface area contributed by atoms with Crippen molar-refractivity contribution in [2.75, 3.05) is 13.2 Å². The molecule has 0 bridgehead atoms. The zero-order chi connectivity index (χ0) is 13.9. The van der Waals surface area contributed by atoms with E-state index in [0.717, 1.165) is 21.5 Å². The SMILES string of the molecule is OCc1cc(OCC2COc3ccccc32)ccc1Br. The zero-order valence-electron chi connectivity index (χ0n) is 10.9. The van der Waals surface area contributed by atoms with Crippen LogP contribution in [0.4, 0.5) is 0 Å². The first kappa shape index (κ1) is 13.5. The maximum Gasteiger partial charge on any atom is 0.123 e. The molecule has 0 aliphatic carbocycles. The lowest BCUT2D eigenvalue weighted by molar-refractivity contribution is 0.246.